The van der Waals surface area contributed by atoms with Crippen molar-refractivity contribution in [2.75, 3.05) is 13.6 Å². The highest BCUT2D eigenvalue weighted by Gasteiger charge is 2.36. The Bertz CT molecular complexity index is 662. The smallest absolute Gasteiger partial charge is 0.312 e. The van der Waals surface area contributed by atoms with Gasteiger partial charge in [0.2, 0.25) is 5.58 Å². The second-order valence-electron chi connectivity index (χ2n) is 5.46. The molecule has 0 amide bonds. The van der Waals surface area contributed by atoms with E-state index >= 15 is 0 Å². The first-order valence-corrected chi connectivity index (χ1v) is 6.52. The molecule has 2 aromatic rings. The molecular weight excluding hydrogens is 244 g/mol. The van der Waals surface area contributed by atoms with E-state index in [-0.39, 0.29) is 10.6 Å². The molecule has 19 heavy (non-hydrogen) atoms. The molecule has 0 saturated heterocycles. The molecule has 2 heterocycles. The van der Waals surface area contributed by atoms with Crippen molar-refractivity contribution >= 4 is 16.7 Å². The predicted octanol–water partition coefficient (Wildman–Crippen LogP) is 2.03. The summed E-state index contributed by atoms with van der Waals surface area (Å²) in [5.41, 5.74) is 1.62. The molecule has 0 fully saturated rings. The largest absolute Gasteiger partial charge is 0.453 e. The zero-order valence-electron chi connectivity index (χ0n) is 11.3. The summed E-state index contributed by atoms with van der Waals surface area (Å²) in [4.78, 5) is 12.1. The van der Waals surface area contributed by atoms with Crippen LogP contribution in [0.4, 0.5) is 5.69 Å². The molecule has 3 atom stereocenters. The van der Waals surface area contributed by atoms with Gasteiger partial charge in [0.1, 0.15) is 11.8 Å². The average molecular weight is 261 g/mol. The van der Waals surface area contributed by atoms with E-state index in [4.69, 9.17) is 4.42 Å². The quantitative estimate of drug-likeness (QED) is 0.631. The highest BCUT2D eigenvalue weighted by atomic mass is 16.6. The van der Waals surface area contributed by atoms with Gasteiger partial charge in [0.05, 0.1) is 30.0 Å². The Hall–Kier alpha value is -1.88. The Morgan fingerprint density at radius 1 is 1.42 bits per heavy atom. The first-order chi connectivity index (χ1) is 9.00. The summed E-state index contributed by atoms with van der Waals surface area (Å²) in [6.07, 6.45) is 0. The van der Waals surface area contributed by atoms with Gasteiger partial charge < -0.3 is 9.32 Å². The van der Waals surface area contributed by atoms with Gasteiger partial charge in [0, 0.05) is 11.5 Å². The number of nitro benzene ring substituents is 1. The predicted molar refractivity (Wildman–Crippen MR) is 71.5 cm³/mol. The number of nitrogens with one attached hydrogen (secondary N) is 1. The molecule has 1 aromatic carbocycles. The number of nitro groups is 1. The van der Waals surface area contributed by atoms with Gasteiger partial charge in [0.15, 0.2) is 0 Å². The maximum Gasteiger partial charge on any atom is 0.312 e. The van der Waals surface area contributed by atoms with Crippen LogP contribution in [0, 0.1) is 10.1 Å². The van der Waals surface area contributed by atoms with E-state index in [1.165, 1.54) is 11.0 Å². The molecule has 5 heteroatoms. The number of benzene rings is 1. The topological polar surface area (TPSA) is 60.7 Å². The van der Waals surface area contributed by atoms with Crippen LogP contribution in [0.15, 0.2) is 22.6 Å². The van der Waals surface area contributed by atoms with Crippen molar-refractivity contribution in [2.24, 2.45) is 0 Å². The van der Waals surface area contributed by atoms with E-state index in [1.54, 1.807) is 6.07 Å². The van der Waals surface area contributed by atoms with E-state index in [0.717, 1.165) is 23.3 Å². The Labute approximate surface area is 111 Å². The van der Waals surface area contributed by atoms with E-state index in [2.05, 4.69) is 20.9 Å². The van der Waals surface area contributed by atoms with Gasteiger partial charge in [-0.15, -0.1) is 0 Å². The highest BCUT2D eigenvalue weighted by molar-refractivity contribution is 5.90. The molecule has 100 valence electrons. The number of para-hydroxylation sites is 1. The first kappa shape index (κ1) is 12.2. The van der Waals surface area contributed by atoms with Gasteiger partial charge >= 0.3 is 5.69 Å². The lowest BCUT2D eigenvalue weighted by atomic mass is 9.92. The second-order valence-corrected chi connectivity index (χ2v) is 5.46. The second kappa shape index (κ2) is 4.06. The monoisotopic (exact) mass is 261 g/mol. The molecule has 0 aliphatic carbocycles. The molecule has 1 unspecified atom stereocenters. The molecule has 0 spiro atoms. The Morgan fingerprint density at radius 3 is 2.84 bits per heavy atom. The lowest BCUT2D eigenvalue weighted by Crippen LogP contribution is -3.10. The number of hydrogen-bond donors (Lipinski definition) is 1. The number of rotatable bonds is 1. The number of hydrogen-bond acceptors (Lipinski definition) is 3. The van der Waals surface area contributed by atoms with Gasteiger partial charge in [-0.1, -0.05) is 12.1 Å². The standard InChI is InChI=1S/C14H16N2O3/c1-8-7-15(3)9(2)12-10-5-4-6-11(16(17)18)14(10)19-13(8)12/h4-6,8-9H,7H2,1-3H3/p+1/t8-,9-/m1/s1. The number of quaternary nitrogens is 1. The number of likely N-dealkylation sites (N-methyl/N-ethyl adjacent to an activating group) is 1. The number of nitrogens with zero attached hydrogens (tertiary/aromatic N) is 1. The van der Waals surface area contributed by atoms with Gasteiger partial charge in [-0.25, -0.2) is 0 Å². The van der Waals surface area contributed by atoms with Crippen LogP contribution in [-0.4, -0.2) is 18.5 Å². The number of non-ortho nitro benzene ring substituents is 1. The molecule has 1 aromatic heterocycles. The lowest BCUT2D eigenvalue weighted by molar-refractivity contribution is -0.914. The molecule has 0 saturated carbocycles. The van der Waals surface area contributed by atoms with Crippen molar-refractivity contribution in [2.45, 2.75) is 25.8 Å². The van der Waals surface area contributed by atoms with Crippen LogP contribution in [0.25, 0.3) is 11.0 Å². The molecule has 0 bridgehead atoms. The van der Waals surface area contributed by atoms with E-state index in [1.807, 2.05) is 6.07 Å². The van der Waals surface area contributed by atoms with Crippen LogP contribution in [0.5, 0.6) is 0 Å². The summed E-state index contributed by atoms with van der Waals surface area (Å²) in [5.74, 6) is 1.21. The lowest BCUT2D eigenvalue weighted by Gasteiger charge is -2.29. The molecule has 5 nitrogen and oxygen atoms in total. The summed E-state index contributed by atoms with van der Waals surface area (Å²) in [7, 11) is 2.15. The van der Waals surface area contributed by atoms with Gasteiger partial charge in [-0.2, -0.15) is 0 Å². The Balaban J connectivity index is 2.34. The SMILES string of the molecule is C[C@@H]1C[NH+](C)[C@H](C)c2c1oc1c([N+](=O)[O-])cccc21. The van der Waals surface area contributed by atoms with Crippen molar-refractivity contribution in [3.05, 3.63) is 39.6 Å². The fourth-order valence-corrected chi connectivity index (χ4v) is 3.10. The molecule has 1 aliphatic heterocycles. The van der Waals surface area contributed by atoms with Crippen LogP contribution in [0.1, 0.15) is 37.1 Å². The third-order valence-electron chi connectivity index (χ3n) is 4.21. The van der Waals surface area contributed by atoms with Crippen molar-refractivity contribution in [1.29, 1.82) is 0 Å². The van der Waals surface area contributed by atoms with Crippen molar-refractivity contribution in [3.8, 4) is 0 Å². The van der Waals surface area contributed by atoms with E-state index < -0.39 is 0 Å². The zero-order chi connectivity index (χ0) is 13.7. The summed E-state index contributed by atoms with van der Waals surface area (Å²) < 4.78 is 5.86. The highest BCUT2D eigenvalue weighted by Crippen LogP contribution is 2.39. The summed E-state index contributed by atoms with van der Waals surface area (Å²) in [6, 6.07) is 5.46. The van der Waals surface area contributed by atoms with Crippen molar-refractivity contribution in [1.82, 2.24) is 0 Å². The van der Waals surface area contributed by atoms with Crippen molar-refractivity contribution < 1.29 is 14.2 Å². The molecular formula is C14H17N2O3+. The van der Waals surface area contributed by atoms with Crippen LogP contribution < -0.4 is 4.90 Å². The van der Waals surface area contributed by atoms with Crippen molar-refractivity contribution in [3.63, 3.8) is 0 Å². The Morgan fingerprint density at radius 2 is 2.16 bits per heavy atom. The third kappa shape index (κ3) is 1.65. The first-order valence-electron chi connectivity index (χ1n) is 6.52. The normalized spacial score (nSPS) is 26.4. The van der Waals surface area contributed by atoms with Crippen LogP contribution >= 0.6 is 0 Å². The third-order valence-corrected chi connectivity index (χ3v) is 4.21. The molecule has 0 radical (unpaired) electrons. The van der Waals surface area contributed by atoms with Crippen LogP contribution in [0.3, 0.4) is 0 Å². The van der Waals surface area contributed by atoms with E-state index in [9.17, 15) is 10.1 Å². The molecule has 3 rings (SSSR count). The summed E-state index contributed by atoms with van der Waals surface area (Å²) in [5, 5.41) is 12.0. The molecule has 1 N–H and O–H groups in total. The fourth-order valence-electron chi connectivity index (χ4n) is 3.10. The minimum atomic E-state index is -0.372. The maximum absolute atomic E-state index is 11.1. The van der Waals surface area contributed by atoms with E-state index in [0.29, 0.717) is 17.5 Å². The van der Waals surface area contributed by atoms with Crippen LogP contribution in [0.2, 0.25) is 0 Å². The van der Waals surface area contributed by atoms with Crippen LogP contribution in [-0.2, 0) is 0 Å². The minimum Gasteiger partial charge on any atom is -0.453 e. The van der Waals surface area contributed by atoms with Gasteiger partial charge in [-0.3, -0.25) is 10.1 Å². The maximum atomic E-state index is 11.1. The summed E-state index contributed by atoms with van der Waals surface area (Å²) in [6.45, 7) is 5.25. The fraction of sp³-hybridized carbons (Fsp3) is 0.429. The minimum absolute atomic E-state index is 0.0592. The Kier molecular flexibility index (Phi) is 2.60. The van der Waals surface area contributed by atoms with Gasteiger partial charge in [0.25, 0.3) is 0 Å². The molecule has 1 aliphatic rings. The van der Waals surface area contributed by atoms with Gasteiger partial charge in [-0.05, 0) is 13.8 Å². The number of furan rings is 1. The summed E-state index contributed by atoms with van der Waals surface area (Å²) >= 11 is 0. The zero-order valence-corrected chi connectivity index (χ0v) is 11.3. The average Bonchev–Trinajstić information content (AvgIpc) is 2.75. The number of fused-ring (bicyclic) bond motifs is 3.